The van der Waals surface area contributed by atoms with Crippen molar-refractivity contribution in [3.8, 4) is 11.5 Å². The summed E-state index contributed by atoms with van der Waals surface area (Å²) in [6.07, 6.45) is 2.02. The van der Waals surface area contributed by atoms with Gasteiger partial charge in [0.05, 0.1) is 5.52 Å². The van der Waals surface area contributed by atoms with Crippen LogP contribution < -0.4 is 4.74 Å². The summed E-state index contributed by atoms with van der Waals surface area (Å²) in [4.78, 5) is 0. The Hall–Kier alpha value is -2.13. The lowest BCUT2D eigenvalue weighted by Gasteiger charge is -2.06. The van der Waals surface area contributed by atoms with E-state index in [1.54, 1.807) is 12.1 Å². The Morgan fingerprint density at radius 3 is 2.76 bits per heavy atom. The predicted molar refractivity (Wildman–Crippen MR) is 85.1 cm³/mol. The van der Waals surface area contributed by atoms with Crippen LogP contribution in [0, 0.1) is 0 Å². The minimum atomic E-state index is 0.282. The lowest BCUT2D eigenvalue weighted by molar-refractivity contribution is 0.307. The molecule has 108 valence electrons. The minimum absolute atomic E-state index is 0.282. The summed E-state index contributed by atoms with van der Waals surface area (Å²) in [6, 6.07) is 12.9. The van der Waals surface area contributed by atoms with E-state index in [9.17, 15) is 5.11 Å². The largest absolute Gasteiger partial charge is 0.507 e. The molecule has 0 aliphatic rings. The van der Waals surface area contributed by atoms with E-state index in [4.69, 9.17) is 16.3 Å². The maximum absolute atomic E-state index is 10.1. The quantitative estimate of drug-likeness (QED) is 0.764. The average molecular weight is 302 g/mol. The maximum atomic E-state index is 10.1. The number of aromatic hydroxyl groups is 1. The second-order valence-corrected chi connectivity index (χ2v) is 5.29. The fourth-order valence-corrected chi connectivity index (χ4v) is 2.69. The van der Waals surface area contributed by atoms with Gasteiger partial charge >= 0.3 is 0 Å². The number of hydrogen-bond acceptors (Lipinski definition) is 2. The standard InChI is InChI=1S/C17H16ClNO2/c1-2-19-10-12(17-15(19)7-4-8-16(17)20)11-21-14-6-3-5-13(18)9-14/h3-10,20H,2,11H2,1H3. The van der Waals surface area contributed by atoms with Crippen LogP contribution in [-0.2, 0) is 13.2 Å². The van der Waals surface area contributed by atoms with E-state index in [0.717, 1.165) is 28.8 Å². The van der Waals surface area contributed by atoms with E-state index in [-0.39, 0.29) is 5.75 Å². The molecule has 0 saturated heterocycles. The van der Waals surface area contributed by atoms with E-state index >= 15 is 0 Å². The highest BCUT2D eigenvalue weighted by atomic mass is 35.5. The molecule has 0 saturated carbocycles. The van der Waals surface area contributed by atoms with Crippen LogP contribution in [0.4, 0.5) is 0 Å². The molecule has 0 aliphatic carbocycles. The smallest absolute Gasteiger partial charge is 0.125 e. The van der Waals surface area contributed by atoms with Gasteiger partial charge in [-0.05, 0) is 37.3 Å². The van der Waals surface area contributed by atoms with Crippen LogP contribution in [0.15, 0.2) is 48.7 Å². The minimum Gasteiger partial charge on any atom is -0.507 e. The molecule has 0 aliphatic heterocycles. The van der Waals surface area contributed by atoms with Crippen molar-refractivity contribution in [3.05, 3.63) is 59.2 Å². The van der Waals surface area contributed by atoms with E-state index in [1.807, 2.05) is 36.5 Å². The van der Waals surface area contributed by atoms with Gasteiger partial charge < -0.3 is 14.4 Å². The molecule has 1 N–H and O–H groups in total. The molecule has 1 heterocycles. The first-order chi connectivity index (χ1) is 10.2. The molecule has 0 fully saturated rings. The van der Waals surface area contributed by atoms with Crippen molar-refractivity contribution in [1.82, 2.24) is 4.57 Å². The highest BCUT2D eigenvalue weighted by molar-refractivity contribution is 6.30. The third-order valence-corrected chi connectivity index (χ3v) is 3.73. The first-order valence-corrected chi connectivity index (χ1v) is 7.25. The van der Waals surface area contributed by atoms with E-state index in [1.165, 1.54) is 0 Å². The summed E-state index contributed by atoms with van der Waals surface area (Å²) < 4.78 is 7.89. The summed E-state index contributed by atoms with van der Waals surface area (Å²) >= 11 is 5.95. The summed E-state index contributed by atoms with van der Waals surface area (Å²) in [5.74, 6) is 1.000. The number of phenols is 1. The second kappa shape index (κ2) is 5.70. The Labute approximate surface area is 128 Å². The lowest BCUT2D eigenvalue weighted by atomic mass is 10.1. The Bertz CT molecular complexity index is 780. The van der Waals surface area contributed by atoms with Crippen LogP contribution in [0.1, 0.15) is 12.5 Å². The van der Waals surface area contributed by atoms with Gasteiger partial charge in [-0.2, -0.15) is 0 Å². The third-order valence-electron chi connectivity index (χ3n) is 3.49. The molecule has 2 aromatic carbocycles. The zero-order valence-corrected chi connectivity index (χ0v) is 12.5. The topological polar surface area (TPSA) is 34.4 Å². The fraction of sp³-hybridized carbons (Fsp3) is 0.176. The first-order valence-electron chi connectivity index (χ1n) is 6.87. The van der Waals surface area contributed by atoms with Gasteiger partial charge in [0.15, 0.2) is 0 Å². The fourth-order valence-electron chi connectivity index (χ4n) is 2.51. The van der Waals surface area contributed by atoms with Crippen molar-refractivity contribution < 1.29 is 9.84 Å². The summed E-state index contributed by atoms with van der Waals surface area (Å²) in [7, 11) is 0. The van der Waals surface area contributed by atoms with Crippen molar-refractivity contribution >= 4 is 22.5 Å². The van der Waals surface area contributed by atoms with Crippen molar-refractivity contribution in [1.29, 1.82) is 0 Å². The number of fused-ring (bicyclic) bond motifs is 1. The van der Waals surface area contributed by atoms with Crippen LogP contribution in [-0.4, -0.2) is 9.67 Å². The van der Waals surface area contributed by atoms with Crippen LogP contribution in [0.3, 0.4) is 0 Å². The van der Waals surface area contributed by atoms with Crippen LogP contribution >= 0.6 is 11.6 Å². The number of halogens is 1. The van der Waals surface area contributed by atoms with Crippen LogP contribution in [0.25, 0.3) is 10.9 Å². The molecule has 3 rings (SSSR count). The molecule has 21 heavy (non-hydrogen) atoms. The van der Waals surface area contributed by atoms with Gasteiger partial charge in [-0.3, -0.25) is 0 Å². The molecule has 0 atom stereocenters. The van der Waals surface area contributed by atoms with E-state index < -0.39 is 0 Å². The molecule has 0 spiro atoms. The molecule has 4 heteroatoms. The Balaban J connectivity index is 1.94. The van der Waals surface area contributed by atoms with Gasteiger partial charge in [0.25, 0.3) is 0 Å². The summed E-state index contributed by atoms with van der Waals surface area (Å²) in [6.45, 7) is 3.31. The Morgan fingerprint density at radius 2 is 2.00 bits per heavy atom. The monoisotopic (exact) mass is 301 g/mol. The SMILES string of the molecule is CCn1cc(COc2cccc(Cl)c2)c2c(O)cccc21. The Morgan fingerprint density at radius 1 is 1.19 bits per heavy atom. The maximum Gasteiger partial charge on any atom is 0.125 e. The number of ether oxygens (including phenoxy) is 1. The zero-order valence-electron chi connectivity index (χ0n) is 11.7. The number of hydrogen-bond donors (Lipinski definition) is 1. The first kappa shape index (κ1) is 13.8. The van der Waals surface area contributed by atoms with Crippen LogP contribution in [0.5, 0.6) is 11.5 Å². The second-order valence-electron chi connectivity index (χ2n) is 4.86. The van der Waals surface area contributed by atoms with Gasteiger partial charge in [-0.25, -0.2) is 0 Å². The molecule has 3 nitrogen and oxygen atoms in total. The average Bonchev–Trinajstić information content (AvgIpc) is 2.85. The molecular weight excluding hydrogens is 286 g/mol. The number of phenolic OH excluding ortho intramolecular Hbond substituents is 1. The number of benzene rings is 2. The van der Waals surface area contributed by atoms with Gasteiger partial charge in [0.2, 0.25) is 0 Å². The van der Waals surface area contributed by atoms with Crippen LogP contribution in [0.2, 0.25) is 5.02 Å². The van der Waals surface area contributed by atoms with E-state index in [2.05, 4.69) is 11.5 Å². The molecule has 0 unspecified atom stereocenters. The van der Waals surface area contributed by atoms with Gasteiger partial charge in [-0.1, -0.05) is 23.7 Å². The third kappa shape index (κ3) is 2.69. The normalized spacial score (nSPS) is 11.0. The highest BCUT2D eigenvalue weighted by Gasteiger charge is 2.12. The van der Waals surface area contributed by atoms with Crippen molar-refractivity contribution in [2.24, 2.45) is 0 Å². The van der Waals surface area contributed by atoms with Gasteiger partial charge in [0.1, 0.15) is 18.1 Å². The van der Waals surface area contributed by atoms with Crippen molar-refractivity contribution in [3.63, 3.8) is 0 Å². The summed E-state index contributed by atoms with van der Waals surface area (Å²) in [5, 5.41) is 11.6. The molecule has 0 amide bonds. The zero-order chi connectivity index (χ0) is 14.8. The highest BCUT2D eigenvalue weighted by Crippen LogP contribution is 2.30. The molecule has 3 aromatic rings. The lowest BCUT2D eigenvalue weighted by Crippen LogP contribution is -1.95. The Kier molecular flexibility index (Phi) is 3.76. The van der Waals surface area contributed by atoms with Crippen molar-refractivity contribution in [2.75, 3.05) is 0 Å². The molecule has 1 aromatic heterocycles. The van der Waals surface area contributed by atoms with Gasteiger partial charge in [-0.15, -0.1) is 0 Å². The number of aryl methyl sites for hydroxylation is 1. The van der Waals surface area contributed by atoms with E-state index in [0.29, 0.717) is 11.6 Å². The van der Waals surface area contributed by atoms with Gasteiger partial charge in [0, 0.05) is 28.7 Å². The predicted octanol–water partition coefficient (Wildman–Crippen LogP) is 4.60. The number of rotatable bonds is 4. The number of aromatic nitrogens is 1. The molecule has 0 bridgehead atoms. The molecule has 0 radical (unpaired) electrons. The van der Waals surface area contributed by atoms with Crippen molar-refractivity contribution in [2.45, 2.75) is 20.1 Å². The molecular formula is C17H16ClNO2. The number of nitrogens with zero attached hydrogens (tertiary/aromatic N) is 1. The summed E-state index contributed by atoms with van der Waals surface area (Å²) in [5.41, 5.74) is 1.98.